The smallest absolute Gasteiger partial charge is 0.304 e. The van der Waals surface area contributed by atoms with Gasteiger partial charge in [-0.1, -0.05) is 36.8 Å². The van der Waals surface area contributed by atoms with E-state index in [0.29, 0.717) is 24.3 Å². The van der Waals surface area contributed by atoms with Gasteiger partial charge in [0.15, 0.2) is 21.3 Å². The number of aliphatic carboxylic acids is 1. The van der Waals surface area contributed by atoms with Gasteiger partial charge in [0.2, 0.25) is 0 Å². The van der Waals surface area contributed by atoms with E-state index in [1.54, 1.807) is 6.07 Å². The quantitative estimate of drug-likeness (QED) is 0.446. The van der Waals surface area contributed by atoms with Crippen LogP contribution in [0, 0.1) is 0 Å². The van der Waals surface area contributed by atoms with E-state index in [0.717, 1.165) is 38.5 Å². The molecule has 0 heterocycles. The average molecular weight is 461 g/mol. The number of hydrogen-bond donors (Lipinski definition) is 1. The monoisotopic (exact) mass is 460 g/mol. The summed E-state index contributed by atoms with van der Waals surface area (Å²) in [6.07, 6.45) is 6.25. The van der Waals surface area contributed by atoms with E-state index < -0.39 is 27.5 Å². The van der Waals surface area contributed by atoms with Crippen molar-refractivity contribution in [1.82, 2.24) is 0 Å². The lowest BCUT2D eigenvalue weighted by Gasteiger charge is -2.19. The normalized spacial score (nSPS) is 15.4. The molecule has 1 atom stereocenters. The Hall–Kier alpha value is -2.54. The fourth-order valence-corrected chi connectivity index (χ4v) is 5.96. The maximum absolute atomic E-state index is 13.4. The Morgan fingerprint density at radius 3 is 2.44 bits per heavy atom. The predicted octanol–water partition coefficient (Wildman–Crippen LogP) is 5.05. The van der Waals surface area contributed by atoms with Crippen LogP contribution in [0.3, 0.4) is 0 Å². The molecule has 2 aromatic rings. The minimum Gasteiger partial charge on any atom is -0.493 e. The molecule has 0 aliphatic heterocycles. The summed E-state index contributed by atoms with van der Waals surface area (Å²) in [5.41, 5.74) is 1.19. The fourth-order valence-electron chi connectivity index (χ4n) is 4.21. The first-order valence-corrected chi connectivity index (χ1v) is 12.8. The van der Waals surface area contributed by atoms with Crippen LogP contribution in [-0.2, 0) is 21.1 Å². The van der Waals surface area contributed by atoms with Crippen molar-refractivity contribution in [2.75, 3.05) is 7.11 Å². The number of rotatable bonds is 12. The zero-order chi connectivity index (χ0) is 23.0. The molecule has 0 aromatic heterocycles. The van der Waals surface area contributed by atoms with Crippen LogP contribution >= 0.6 is 0 Å². The maximum atomic E-state index is 13.4. The van der Waals surface area contributed by atoms with Crippen molar-refractivity contribution >= 4 is 15.8 Å². The molecule has 0 radical (unpaired) electrons. The van der Waals surface area contributed by atoms with Gasteiger partial charge >= 0.3 is 5.97 Å². The van der Waals surface area contributed by atoms with Crippen LogP contribution in [0.4, 0.5) is 0 Å². The minimum absolute atomic E-state index is 0.0506. The molecule has 0 bridgehead atoms. The Kier molecular flexibility index (Phi) is 8.56. The van der Waals surface area contributed by atoms with Crippen molar-refractivity contribution in [2.24, 2.45) is 0 Å². The largest absolute Gasteiger partial charge is 0.493 e. The molecule has 174 valence electrons. The number of carboxylic acid groups (broad SMARTS) is 1. The molecule has 1 unspecified atom stereocenters. The van der Waals surface area contributed by atoms with E-state index in [4.69, 9.17) is 9.47 Å². The van der Waals surface area contributed by atoms with Gasteiger partial charge in [-0.25, -0.2) is 8.42 Å². The molecule has 1 aliphatic carbocycles. The third-order valence-corrected chi connectivity index (χ3v) is 8.18. The van der Waals surface area contributed by atoms with Crippen LogP contribution < -0.4 is 9.47 Å². The summed E-state index contributed by atoms with van der Waals surface area (Å²) < 4.78 is 38.1. The highest BCUT2D eigenvalue weighted by Gasteiger charge is 2.30. The Morgan fingerprint density at radius 1 is 1.06 bits per heavy atom. The summed E-state index contributed by atoms with van der Waals surface area (Å²) >= 11 is 0. The second-order valence-corrected chi connectivity index (χ2v) is 10.6. The van der Waals surface area contributed by atoms with Crippen molar-refractivity contribution in [3.05, 3.63) is 54.1 Å². The van der Waals surface area contributed by atoms with Gasteiger partial charge in [-0.05, 0) is 62.6 Å². The lowest BCUT2D eigenvalue weighted by Crippen LogP contribution is -2.25. The molecule has 0 spiro atoms. The Bertz CT molecular complexity index is 981. The van der Waals surface area contributed by atoms with Gasteiger partial charge in [-0.15, -0.1) is 0 Å². The molecule has 0 amide bonds. The molecule has 32 heavy (non-hydrogen) atoms. The van der Waals surface area contributed by atoms with E-state index in [-0.39, 0.29) is 11.0 Å². The number of benzene rings is 2. The van der Waals surface area contributed by atoms with E-state index >= 15 is 0 Å². The average Bonchev–Trinajstić information content (AvgIpc) is 3.29. The maximum Gasteiger partial charge on any atom is 0.304 e. The van der Waals surface area contributed by atoms with Crippen LogP contribution in [0.25, 0.3) is 0 Å². The van der Waals surface area contributed by atoms with E-state index in [1.807, 2.05) is 30.3 Å². The lowest BCUT2D eigenvalue weighted by atomic mass is 10.1. The summed E-state index contributed by atoms with van der Waals surface area (Å²) in [4.78, 5) is 11.5. The minimum atomic E-state index is -3.84. The molecule has 0 saturated heterocycles. The summed E-state index contributed by atoms with van der Waals surface area (Å²) in [5.74, 6) is -0.232. The molecule has 1 N–H and O–H groups in total. The summed E-state index contributed by atoms with van der Waals surface area (Å²) in [6, 6.07) is 14.5. The molecule has 1 saturated carbocycles. The van der Waals surface area contributed by atoms with Crippen molar-refractivity contribution in [3.8, 4) is 11.5 Å². The highest BCUT2D eigenvalue weighted by Crippen LogP contribution is 2.35. The summed E-state index contributed by atoms with van der Waals surface area (Å²) in [5, 5.41) is 8.36. The van der Waals surface area contributed by atoms with Gasteiger partial charge in [0.1, 0.15) is 0 Å². The zero-order valence-electron chi connectivity index (χ0n) is 18.5. The number of unbranched alkanes of at least 4 members (excludes halogenated alkanes) is 1. The number of aryl methyl sites for hydroxylation is 1. The van der Waals surface area contributed by atoms with E-state index in [9.17, 15) is 18.3 Å². The van der Waals surface area contributed by atoms with Gasteiger partial charge in [-0.3, -0.25) is 4.79 Å². The first-order valence-electron chi connectivity index (χ1n) is 11.2. The molecular weight excluding hydrogens is 428 g/mol. The van der Waals surface area contributed by atoms with Crippen molar-refractivity contribution in [2.45, 2.75) is 74.0 Å². The van der Waals surface area contributed by atoms with Crippen LogP contribution in [0.15, 0.2) is 53.4 Å². The van der Waals surface area contributed by atoms with Gasteiger partial charge in [-0.2, -0.15) is 0 Å². The number of methoxy groups -OCH3 is 1. The van der Waals surface area contributed by atoms with Crippen LogP contribution in [0.2, 0.25) is 0 Å². The van der Waals surface area contributed by atoms with Crippen molar-refractivity contribution in [3.63, 3.8) is 0 Å². The lowest BCUT2D eigenvalue weighted by molar-refractivity contribution is -0.137. The predicted molar refractivity (Wildman–Crippen MR) is 123 cm³/mol. The van der Waals surface area contributed by atoms with Gasteiger partial charge in [0, 0.05) is 6.07 Å². The first kappa shape index (κ1) is 24.1. The van der Waals surface area contributed by atoms with Crippen LogP contribution in [0.5, 0.6) is 11.5 Å². The molecule has 1 fully saturated rings. The van der Waals surface area contributed by atoms with E-state index in [2.05, 4.69) is 0 Å². The molecule has 7 heteroatoms. The van der Waals surface area contributed by atoms with Gasteiger partial charge in [0.05, 0.1) is 29.8 Å². The van der Waals surface area contributed by atoms with Gasteiger partial charge < -0.3 is 14.6 Å². The van der Waals surface area contributed by atoms with E-state index in [1.165, 1.54) is 24.8 Å². The number of carboxylic acids is 1. The fraction of sp³-hybridized carbons (Fsp3) is 0.480. The highest BCUT2D eigenvalue weighted by atomic mass is 32.2. The third kappa shape index (κ3) is 6.48. The molecule has 6 nitrogen and oxygen atoms in total. The third-order valence-electron chi connectivity index (χ3n) is 5.98. The first-order chi connectivity index (χ1) is 15.4. The van der Waals surface area contributed by atoms with Crippen LogP contribution in [-0.4, -0.2) is 38.0 Å². The number of carbonyl (C=O) groups is 1. The second-order valence-electron chi connectivity index (χ2n) is 8.33. The topological polar surface area (TPSA) is 89.9 Å². The van der Waals surface area contributed by atoms with Gasteiger partial charge in [0.25, 0.3) is 0 Å². The molecule has 2 aromatic carbocycles. The Morgan fingerprint density at radius 2 is 1.78 bits per heavy atom. The second kappa shape index (κ2) is 11.4. The standard InChI is InChI=1S/C25H32O6S/c1-30-23-16-15-22(17-24(23)31-20-12-6-7-13-20)32(28,29)21(18-25(26)27)14-8-5-11-19-9-3-2-4-10-19/h2-4,9-10,15-17,20-21H,5-8,11-14,18H2,1H3,(H,26,27). The highest BCUT2D eigenvalue weighted by molar-refractivity contribution is 7.92. The van der Waals surface area contributed by atoms with Crippen molar-refractivity contribution in [1.29, 1.82) is 0 Å². The van der Waals surface area contributed by atoms with Crippen molar-refractivity contribution < 1.29 is 27.8 Å². The zero-order valence-corrected chi connectivity index (χ0v) is 19.4. The molecule has 3 rings (SSSR count). The summed E-state index contributed by atoms with van der Waals surface area (Å²) in [7, 11) is -2.32. The SMILES string of the molecule is COc1ccc(S(=O)(=O)C(CCCCc2ccccc2)CC(=O)O)cc1OC1CCCC1. The number of hydrogen-bond acceptors (Lipinski definition) is 5. The van der Waals surface area contributed by atoms with Crippen LogP contribution in [0.1, 0.15) is 56.9 Å². The Balaban J connectivity index is 1.73. The number of sulfone groups is 1. The number of ether oxygens (including phenoxy) is 2. The molecule has 1 aliphatic rings. The summed E-state index contributed by atoms with van der Waals surface area (Å²) in [6.45, 7) is 0. The Labute approximate surface area is 190 Å². The molecular formula is C25H32O6S.